The Bertz CT molecular complexity index is 431. The van der Waals surface area contributed by atoms with Gasteiger partial charge in [0.2, 0.25) is 0 Å². The third-order valence-corrected chi connectivity index (χ3v) is 3.51. The van der Waals surface area contributed by atoms with Gasteiger partial charge in [-0.2, -0.15) is 0 Å². The van der Waals surface area contributed by atoms with E-state index in [1.165, 1.54) is 13.2 Å². The molecule has 0 amide bonds. The van der Waals surface area contributed by atoms with Gasteiger partial charge in [0.05, 0.1) is 7.11 Å². The highest BCUT2D eigenvalue weighted by atomic mass is 19.3. The van der Waals surface area contributed by atoms with Gasteiger partial charge in [-0.25, -0.2) is 13.2 Å². The minimum Gasteiger partial charge on any atom is -0.493 e. The molecule has 1 unspecified atom stereocenters. The van der Waals surface area contributed by atoms with Crippen LogP contribution in [0.3, 0.4) is 0 Å². The summed E-state index contributed by atoms with van der Waals surface area (Å²) < 4.78 is 44.2. The summed E-state index contributed by atoms with van der Waals surface area (Å²) in [5.74, 6) is -0.274. The van der Waals surface area contributed by atoms with Crippen molar-refractivity contribution >= 4 is 0 Å². The molecule has 0 spiro atoms. The minimum absolute atomic E-state index is 0.0926. The zero-order valence-corrected chi connectivity index (χ0v) is 10.9. The second kappa shape index (κ2) is 6.28. The minimum atomic E-state index is -2.66. The Kier molecular flexibility index (Phi) is 4.69. The predicted octanol–water partition coefficient (Wildman–Crippen LogP) is 3.31. The van der Waals surface area contributed by atoms with Gasteiger partial charge in [0, 0.05) is 5.56 Å². The average Bonchev–Trinajstić information content (AvgIpc) is 2.39. The molecule has 2 nitrogen and oxygen atoms in total. The Morgan fingerprint density at radius 2 is 2.21 bits per heavy atom. The van der Waals surface area contributed by atoms with Crippen molar-refractivity contribution < 1.29 is 17.9 Å². The van der Waals surface area contributed by atoms with Gasteiger partial charge in [0.25, 0.3) is 6.43 Å². The van der Waals surface area contributed by atoms with Gasteiger partial charge < -0.3 is 10.1 Å². The van der Waals surface area contributed by atoms with E-state index >= 15 is 0 Å². The van der Waals surface area contributed by atoms with Crippen LogP contribution in [0.25, 0.3) is 0 Å². The van der Waals surface area contributed by atoms with Crippen LogP contribution >= 0.6 is 0 Å². The summed E-state index contributed by atoms with van der Waals surface area (Å²) in [6.45, 7) is 1.82. The van der Waals surface area contributed by atoms with Gasteiger partial charge in [0.15, 0.2) is 11.6 Å². The van der Waals surface area contributed by atoms with Gasteiger partial charge in [-0.1, -0.05) is 0 Å². The van der Waals surface area contributed by atoms with E-state index in [9.17, 15) is 13.2 Å². The molecule has 1 N–H and O–H groups in total. The molecule has 1 aliphatic rings. The average molecular weight is 273 g/mol. The van der Waals surface area contributed by atoms with Crippen LogP contribution < -0.4 is 10.1 Å². The summed E-state index contributed by atoms with van der Waals surface area (Å²) >= 11 is 0. The third kappa shape index (κ3) is 3.41. The van der Waals surface area contributed by atoms with Crippen LogP contribution in [0.15, 0.2) is 12.1 Å². The molecule has 0 radical (unpaired) electrons. The highest BCUT2D eigenvalue weighted by Crippen LogP contribution is 2.31. The quantitative estimate of drug-likeness (QED) is 0.908. The molecule has 1 fully saturated rings. The lowest BCUT2D eigenvalue weighted by Crippen LogP contribution is -2.31. The van der Waals surface area contributed by atoms with E-state index in [0.29, 0.717) is 17.9 Å². The Morgan fingerprint density at radius 1 is 1.42 bits per heavy atom. The Hall–Kier alpha value is -1.23. The number of halogens is 3. The third-order valence-electron chi connectivity index (χ3n) is 3.51. The number of benzene rings is 1. The van der Waals surface area contributed by atoms with Crippen LogP contribution in [0.1, 0.15) is 30.4 Å². The van der Waals surface area contributed by atoms with E-state index in [-0.39, 0.29) is 11.3 Å². The molecule has 2 rings (SSSR count). The van der Waals surface area contributed by atoms with Gasteiger partial charge in [-0.05, 0) is 56.0 Å². The molecular formula is C14H18F3NO. The Balaban J connectivity index is 2.25. The lowest BCUT2D eigenvalue weighted by molar-refractivity contribution is 0.150. The lowest BCUT2D eigenvalue weighted by Gasteiger charge is -2.24. The fourth-order valence-corrected chi connectivity index (χ4v) is 2.59. The maximum absolute atomic E-state index is 13.8. The molecule has 5 heteroatoms. The summed E-state index contributed by atoms with van der Waals surface area (Å²) in [5.41, 5.74) is 0.253. The highest BCUT2D eigenvalue weighted by molar-refractivity contribution is 5.39. The van der Waals surface area contributed by atoms with Crippen molar-refractivity contribution in [1.29, 1.82) is 0 Å². The van der Waals surface area contributed by atoms with E-state index in [4.69, 9.17) is 4.74 Å². The number of piperidine rings is 1. The van der Waals surface area contributed by atoms with E-state index in [1.807, 2.05) is 0 Å². The molecule has 1 aromatic carbocycles. The largest absolute Gasteiger partial charge is 0.493 e. The van der Waals surface area contributed by atoms with E-state index in [0.717, 1.165) is 32.0 Å². The van der Waals surface area contributed by atoms with Crippen molar-refractivity contribution in [2.45, 2.75) is 25.7 Å². The van der Waals surface area contributed by atoms with Crippen LogP contribution in [0.5, 0.6) is 5.75 Å². The maximum atomic E-state index is 13.8. The van der Waals surface area contributed by atoms with Crippen LogP contribution in [-0.2, 0) is 6.42 Å². The summed E-state index contributed by atoms with van der Waals surface area (Å²) in [6.07, 6.45) is -0.0161. The second-order valence-corrected chi connectivity index (χ2v) is 4.91. The van der Waals surface area contributed by atoms with Crippen LogP contribution in [0, 0.1) is 11.7 Å². The number of methoxy groups -OCH3 is 1. The van der Waals surface area contributed by atoms with E-state index < -0.39 is 12.2 Å². The summed E-state index contributed by atoms with van der Waals surface area (Å²) in [4.78, 5) is 0. The van der Waals surface area contributed by atoms with Crippen LogP contribution in [0.2, 0.25) is 0 Å². The molecule has 0 aliphatic carbocycles. The zero-order valence-electron chi connectivity index (χ0n) is 10.9. The molecule has 1 saturated heterocycles. The fraction of sp³-hybridized carbons (Fsp3) is 0.571. The van der Waals surface area contributed by atoms with Crippen molar-refractivity contribution in [2.24, 2.45) is 5.92 Å². The van der Waals surface area contributed by atoms with Crippen molar-refractivity contribution in [1.82, 2.24) is 5.32 Å². The molecule has 0 aromatic heterocycles. The first-order valence-corrected chi connectivity index (χ1v) is 6.47. The van der Waals surface area contributed by atoms with Crippen molar-refractivity contribution in [3.05, 3.63) is 29.1 Å². The molecular weight excluding hydrogens is 255 g/mol. The highest BCUT2D eigenvalue weighted by Gasteiger charge is 2.20. The monoisotopic (exact) mass is 273 g/mol. The maximum Gasteiger partial charge on any atom is 0.263 e. The van der Waals surface area contributed by atoms with Crippen LogP contribution in [-0.4, -0.2) is 20.2 Å². The van der Waals surface area contributed by atoms with Gasteiger partial charge in [-0.15, -0.1) is 0 Å². The summed E-state index contributed by atoms with van der Waals surface area (Å²) in [6, 6.07) is 2.22. The van der Waals surface area contributed by atoms with Crippen LogP contribution in [0.4, 0.5) is 13.2 Å². The first-order valence-electron chi connectivity index (χ1n) is 6.47. The first-order chi connectivity index (χ1) is 9.11. The fourth-order valence-electron chi connectivity index (χ4n) is 2.59. The molecule has 1 aromatic rings. The first kappa shape index (κ1) is 14.2. The second-order valence-electron chi connectivity index (χ2n) is 4.91. The number of rotatable bonds is 4. The Morgan fingerprint density at radius 3 is 2.79 bits per heavy atom. The standard InChI is InChI=1S/C14H18F3NO/c1-19-13-10(5-9-3-2-4-18-8-9)6-11(14(16)17)7-12(13)15/h6-7,9,14,18H,2-5,8H2,1H3. The number of hydrogen-bond acceptors (Lipinski definition) is 2. The Labute approximate surface area is 111 Å². The predicted molar refractivity (Wildman–Crippen MR) is 67.2 cm³/mol. The van der Waals surface area contributed by atoms with Gasteiger partial charge >= 0.3 is 0 Å². The number of hydrogen-bond donors (Lipinski definition) is 1. The topological polar surface area (TPSA) is 21.3 Å². The smallest absolute Gasteiger partial charge is 0.263 e. The molecule has 106 valence electrons. The molecule has 0 bridgehead atoms. The normalized spacial score (nSPS) is 19.7. The van der Waals surface area contributed by atoms with Crippen molar-refractivity contribution in [3.63, 3.8) is 0 Å². The zero-order chi connectivity index (χ0) is 13.8. The van der Waals surface area contributed by atoms with Gasteiger partial charge in [0.1, 0.15) is 0 Å². The summed E-state index contributed by atoms with van der Waals surface area (Å²) in [5, 5.41) is 3.26. The van der Waals surface area contributed by atoms with Gasteiger partial charge in [-0.3, -0.25) is 0 Å². The molecule has 1 aliphatic heterocycles. The van der Waals surface area contributed by atoms with E-state index in [1.54, 1.807) is 0 Å². The molecule has 19 heavy (non-hydrogen) atoms. The molecule has 1 heterocycles. The number of nitrogens with one attached hydrogen (secondary N) is 1. The number of ether oxygens (including phenoxy) is 1. The van der Waals surface area contributed by atoms with Crippen molar-refractivity contribution in [2.75, 3.05) is 20.2 Å². The number of alkyl halides is 2. The molecule has 0 saturated carbocycles. The summed E-state index contributed by atoms with van der Waals surface area (Å²) in [7, 11) is 1.36. The van der Waals surface area contributed by atoms with Crippen molar-refractivity contribution in [3.8, 4) is 5.75 Å². The lowest BCUT2D eigenvalue weighted by atomic mass is 9.91. The molecule has 1 atom stereocenters. The van der Waals surface area contributed by atoms with E-state index in [2.05, 4.69) is 5.32 Å². The SMILES string of the molecule is COc1c(F)cc(C(F)F)cc1CC1CCCNC1.